The van der Waals surface area contributed by atoms with Gasteiger partial charge in [-0.05, 0) is 43.4 Å². The van der Waals surface area contributed by atoms with Crippen molar-refractivity contribution in [3.8, 4) is 0 Å². The number of benzene rings is 1. The number of hydrogen-bond donors (Lipinski definition) is 2. The van der Waals surface area contributed by atoms with Gasteiger partial charge in [-0.25, -0.2) is 0 Å². The van der Waals surface area contributed by atoms with Crippen LogP contribution in [0.25, 0.3) is 0 Å². The summed E-state index contributed by atoms with van der Waals surface area (Å²) in [5.74, 6) is -1.26. The fraction of sp³-hybridized carbons (Fsp3) is 0.533. The Morgan fingerprint density at radius 3 is 2.67 bits per heavy atom. The molecule has 0 aliphatic heterocycles. The molecule has 1 amide bonds. The molecule has 6 heteroatoms. The highest BCUT2D eigenvalue weighted by Gasteiger charge is 2.38. The molecule has 1 aliphatic carbocycles. The lowest BCUT2D eigenvalue weighted by Crippen LogP contribution is -2.36. The van der Waals surface area contributed by atoms with Gasteiger partial charge in [0.25, 0.3) is 0 Å². The second-order valence-corrected chi connectivity index (χ2v) is 5.51. The zero-order valence-corrected chi connectivity index (χ0v) is 11.8. The molecule has 1 atom stereocenters. The maximum absolute atomic E-state index is 12.2. The highest BCUT2D eigenvalue weighted by molar-refractivity contribution is 5.94. The Balaban J connectivity index is 1.89. The monoisotopic (exact) mass is 300 g/mol. The molecule has 2 rings (SSSR count). The lowest BCUT2D eigenvalue weighted by atomic mass is 9.80. The van der Waals surface area contributed by atoms with Crippen molar-refractivity contribution < 1.29 is 18.0 Å². The van der Waals surface area contributed by atoms with E-state index in [0.717, 1.165) is 5.56 Å². The lowest BCUT2D eigenvalue weighted by molar-refractivity contribution is -0.167. The van der Waals surface area contributed by atoms with E-state index in [1.807, 2.05) is 11.4 Å². The van der Waals surface area contributed by atoms with Crippen molar-refractivity contribution in [3.63, 3.8) is 0 Å². The van der Waals surface area contributed by atoms with E-state index in [1.54, 1.807) is 12.1 Å². The number of amides is 1. The molecular weight excluding hydrogens is 281 g/mol. The molecule has 1 aromatic carbocycles. The van der Waals surface area contributed by atoms with Crippen molar-refractivity contribution in [3.05, 3.63) is 29.8 Å². The molecule has 1 aromatic rings. The van der Waals surface area contributed by atoms with E-state index >= 15 is 0 Å². The van der Waals surface area contributed by atoms with Crippen LogP contribution in [0.5, 0.6) is 0 Å². The standard InChI is InChI=1S/C15H19F3N2O/c1-10(12-5-3-6-12)19-9-11-4-2-7-13(8-11)20-14(21)15(16,17)18/h2,4,7-8,10,12,19H,3,5-6,9H2,1H3,(H,20,21). The van der Waals surface area contributed by atoms with Gasteiger partial charge < -0.3 is 10.6 Å². The largest absolute Gasteiger partial charge is 0.471 e. The van der Waals surface area contributed by atoms with Crippen LogP contribution in [0.15, 0.2) is 24.3 Å². The third-order valence-electron chi connectivity index (χ3n) is 3.93. The molecule has 1 fully saturated rings. The minimum absolute atomic E-state index is 0.160. The van der Waals surface area contributed by atoms with Crippen molar-refractivity contribution >= 4 is 11.6 Å². The number of halogens is 3. The first-order valence-electron chi connectivity index (χ1n) is 7.07. The fourth-order valence-electron chi connectivity index (χ4n) is 2.35. The van der Waals surface area contributed by atoms with Crippen molar-refractivity contribution in [2.45, 2.75) is 44.9 Å². The highest BCUT2D eigenvalue weighted by atomic mass is 19.4. The van der Waals surface area contributed by atoms with Gasteiger partial charge in [0.15, 0.2) is 0 Å². The zero-order valence-electron chi connectivity index (χ0n) is 11.8. The van der Waals surface area contributed by atoms with Gasteiger partial charge in [-0.2, -0.15) is 13.2 Å². The normalized spacial score (nSPS) is 17.1. The first-order chi connectivity index (χ1) is 9.86. The molecule has 3 nitrogen and oxygen atoms in total. The van der Waals surface area contributed by atoms with Gasteiger partial charge in [0.05, 0.1) is 0 Å². The molecule has 116 valence electrons. The molecule has 1 saturated carbocycles. The van der Waals surface area contributed by atoms with E-state index in [2.05, 4.69) is 12.2 Å². The molecule has 0 bridgehead atoms. The van der Waals surface area contributed by atoms with Crippen LogP contribution in [0, 0.1) is 5.92 Å². The smallest absolute Gasteiger partial charge is 0.318 e. The van der Waals surface area contributed by atoms with Crippen molar-refractivity contribution in [1.29, 1.82) is 0 Å². The number of hydrogen-bond acceptors (Lipinski definition) is 2. The summed E-state index contributed by atoms with van der Waals surface area (Å²) in [4.78, 5) is 10.9. The second kappa shape index (κ2) is 6.47. The van der Waals surface area contributed by atoms with E-state index in [1.165, 1.54) is 25.3 Å². The average Bonchev–Trinajstić information content (AvgIpc) is 2.33. The third-order valence-corrected chi connectivity index (χ3v) is 3.93. The topological polar surface area (TPSA) is 41.1 Å². The van der Waals surface area contributed by atoms with Crippen LogP contribution in [0.4, 0.5) is 18.9 Å². The predicted molar refractivity (Wildman–Crippen MR) is 74.8 cm³/mol. The molecular formula is C15H19F3N2O. The van der Waals surface area contributed by atoms with E-state index in [4.69, 9.17) is 0 Å². The molecule has 2 N–H and O–H groups in total. The molecule has 0 aromatic heterocycles. The van der Waals surface area contributed by atoms with Crippen LogP contribution >= 0.6 is 0 Å². The Morgan fingerprint density at radius 2 is 2.10 bits per heavy atom. The van der Waals surface area contributed by atoms with Gasteiger partial charge in [0.2, 0.25) is 0 Å². The van der Waals surface area contributed by atoms with Crippen molar-refractivity contribution in [2.75, 3.05) is 5.32 Å². The van der Waals surface area contributed by atoms with Gasteiger partial charge in [-0.15, -0.1) is 0 Å². The Kier molecular flexibility index (Phi) is 4.88. The molecule has 0 radical (unpaired) electrons. The second-order valence-electron chi connectivity index (χ2n) is 5.51. The van der Waals surface area contributed by atoms with E-state index in [9.17, 15) is 18.0 Å². The molecule has 0 heterocycles. The van der Waals surface area contributed by atoms with E-state index in [0.29, 0.717) is 18.5 Å². The van der Waals surface area contributed by atoms with Gasteiger partial charge in [0.1, 0.15) is 0 Å². The summed E-state index contributed by atoms with van der Waals surface area (Å²) in [5.41, 5.74) is 1.01. The molecule has 0 spiro atoms. The summed E-state index contributed by atoms with van der Waals surface area (Å²) < 4.78 is 36.6. The third kappa shape index (κ3) is 4.46. The molecule has 1 aliphatic rings. The van der Waals surface area contributed by atoms with Gasteiger partial charge in [0, 0.05) is 18.3 Å². The number of alkyl halides is 3. The molecule has 21 heavy (non-hydrogen) atoms. The Bertz CT molecular complexity index is 498. The minimum Gasteiger partial charge on any atom is -0.318 e. The van der Waals surface area contributed by atoms with Crippen LogP contribution in [0.1, 0.15) is 31.7 Å². The van der Waals surface area contributed by atoms with Crippen LogP contribution < -0.4 is 10.6 Å². The fourth-order valence-corrected chi connectivity index (χ4v) is 2.35. The predicted octanol–water partition coefficient (Wildman–Crippen LogP) is 3.47. The first kappa shape index (κ1) is 15.8. The quantitative estimate of drug-likeness (QED) is 0.874. The summed E-state index contributed by atoms with van der Waals surface area (Å²) in [6.07, 6.45) is -1.13. The van der Waals surface area contributed by atoms with Crippen LogP contribution in [-0.2, 0) is 11.3 Å². The maximum Gasteiger partial charge on any atom is 0.471 e. The van der Waals surface area contributed by atoms with Crippen molar-refractivity contribution in [1.82, 2.24) is 5.32 Å². The van der Waals surface area contributed by atoms with Gasteiger partial charge in [-0.3, -0.25) is 4.79 Å². The van der Waals surface area contributed by atoms with E-state index in [-0.39, 0.29) is 5.69 Å². The Hall–Kier alpha value is -1.56. The van der Waals surface area contributed by atoms with Gasteiger partial charge >= 0.3 is 12.1 Å². The Morgan fingerprint density at radius 1 is 1.38 bits per heavy atom. The number of nitrogens with one attached hydrogen (secondary N) is 2. The lowest BCUT2D eigenvalue weighted by Gasteiger charge is -2.32. The molecule has 0 saturated heterocycles. The zero-order chi connectivity index (χ0) is 15.5. The van der Waals surface area contributed by atoms with E-state index < -0.39 is 12.1 Å². The molecule has 1 unspecified atom stereocenters. The first-order valence-corrected chi connectivity index (χ1v) is 7.07. The van der Waals surface area contributed by atoms with Crippen molar-refractivity contribution in [2.24, 2.45) is 5.92 Å². The SMILES string of the molecule is CC(NCc1cccc(NC(=O)C(F)(F)F)c1)C1CCC1. The average molecular weight is 300 g/mol. The minimum atomic E-state index is -4.87. The maximum atomic E-state index is 12.2. The van der Waals surface area contributed by atoms with Crippen LogP contribution in [0.2, 0.25) is 0 Å². The summed E-state index contributed by atoms with van der Waals surface area (Å²) in [6, 6.07) is 6.86. The number of rotatable bonds is 5. The summed E-state index contributed by atoms with van der Waals surface area (Å²) >= 11 is 0. The van der Waals surface area contributed by atoms with Crippen LogP contribution in [0.3, 0.4) is 0 Å². The number of carbonyl (C=O) groups is 1. The number of anilines is 1. The summed E-state index contributed by atoms with van der Waals surface area (Å²) in [7, 11) is 0. The summed E-state index contributed by atoms with van der Waals surface area (Å²) in [5, 5.41) is 5.24. The number of carbonyl (C=O) groups excluding carboxylic acids is 1. The summed E-state index contributed by atoms with van der Waals surface area (Å²) in [6.45, 7) is 2.70. The highest BCUT2D eigenvalue weighted by Crippen LogP contribution is 2.29. The van der Waals surface area contributed by atoms with Crippen LogP contribution in [-0.4, -0.2) is 18.1 Å². The Labute approximate surface area is 121 Å². The van der Waals surface area contributed by atoms with Gasteiger partial charge in [-0.1, -0.05) is 18.6 Å².